The molecule has 7 nitrogen and oxygen atoms in total. The van der Waals surface area contributed by atoms with Gasteiger partial charge in [-0.2, -0.15) is 5.10 Å². The van der Waals surface area contributed by atoms with Gasteiger partial charge in [0.2, 0.25) is 5.91 Å². The summed E-state index contributed by atoms with van der Waals surface area (Å²) in [6, 6.07) is 4.42. The summed E-state index contributed by atoms with van der Waals surface area (Å²) in [5.41, 5.74) is 3.68. The molecule has 2 aromatic rings. The molecule has 174 valence electrons. The van der Waals surface area contributed by atoms with E-state index in [0.29, 0.717) is 0 Å². The van der Waals surface area contributed by atoms with E-state index in [2.05, 4.69) is 57.4 Å². The van der Waals surface area contributed by atoms with Gasteiger partial charge in [-0.1, -0.05) is 12.8 Å². The lowest BCUT2D eigenvalue weighted by molar-refractivity contribution is -0.129. The highest BCUT2D eigenvalue weighted by atomic mass is 16.1. The highest BCUT2D eigenvalue weighted by Crippen LogP contribution is 2.27. The maximum Gasteiger partial charge on any atom is 0.224 e. The highest BCUT2D eigenvalue weighted by Gasteiger charge is 2.37. The fourth-order valence-corrected chi connectivity index (χ4v) is 5.15. The summed E-state index contributed by atoms with van der Waals surface area (Å²) in [4.78, 5) is 22.4. The first-order valence-corrected chi connectivity index (χ1v) is 12.3. The van der Waals surface area contributed by atoms with Gasteiger partial charge >= 0.3 is 0 Å². The molecule has 7 heteroatoms. The lowest BCUT2D eigenvalue weighted by Crippen LogP contribution is -2.56. The minimum absolute atomic E-state index is 0.0469. The molecular weight excluding hydrogens is 400 g/mol. The quantitative estimate of drug-likeness (QED) is 0.777. The van der Waals surface area contributed by atoms with Gasteiger partial charge < -0.3 is 5.32 Å². The number of carbonyl (C=O) groups excluding carboxylic acids is 1. The van der Waals surface area contributed by atoms with Gasteiger partial charge in [0, 0.05) is 62.9 Å². The van der Waals surface area contributed by atoms with Crippen LogP contribution in [-0.4, -0.2) is 62.7 Å². The number of fused-ring (bicyclic) bond motifs is 1. The zero-order valence-corrected chi connectivity index (χ0v) is 19.7. The van der Waals surface area contributed by atoms with Crippen molar-refractivity contribution < 1.29 is 4.79 Å². The lowest BCUT2D eigenvalue weighted by atomic mass is 9.88. The third-order valence-corrected chi connectivity index (χ3v) is 7.04. The van der Waals surface area contributed by atoms with E-state index in [1.54, 1.807) is 0 Å². The lowest BCUT2D eigenvalue weighted by Gasteiger charge is -2.43. The minimum Gasteiger partial charge on any atom is -0.356 e. The van der Waals surface area contributed by atoms with Crippen LogP contribution >= 0.6 is 0 Å². The summed E-state index contributed by atoms with van der Waals surface area (Å²) >= 11 is 0. The highest BCUT2D eigenvalue weighted by molar-refractivity contribution is 5.79. The Morgan fingerprint density at radius 3 is 2.69 bits per heavy atom. The smallest absolute Gasteiger partial charge is 0.224 e. The van der Waals surface area contributed by atoms with Crippen molar-refractivity contribution in [1.29, 1.82) is 0 Å². The van der Waals surface area contributed by atoms with E-state index in [9.17, 15) is 4.79 Å². The van der Waals surface area contributed by atoms with Crippen molar-refractivity contribution in [2.75, 3.05) is 26.2 Å². The second-order valence-corrected chi connectivity index (χ2v) is 9.32. The van der Waals surface area contributed by atoms with Crippen LogP contribution in [0.1, 0.15) is 55.8 Å². The summed E-state index contributed by atoms with van der Waals surface area (Å²) < 4.78 is 2.02. The second-order valence-electron chi connectivity index (χ2n) is 9.32. The van der Waals surface area contributed by atoms with Gasteiger partial charge in [0.15, 0.2) is 0 Å². The molecule has 0 spiro atoms. The number of hydrogen-bond donors (Lipinski definition) is 1. The SMILES string of the molecule is CCn1cc(CN2CC[C@H]3C(=O)NCCCCCCN(Cc4ccncc4)[C@@H]3C2)c(C)n1. The second kappa shape index (κ2) is 11.1. The molecule has 4 heterocycles. The molecule has 2 saturated heterocycles. The summed E-state index contributed by atoms with van der Waals surface area (Å²) in [6.45, 7) is 10.6. The molecule has 0 aliphatic carbocycles. The van der Waals surface area contributed by atoms with Crippen molar-refractivity contribution >= 4 is 5.91 Å². The predicted octanol–water partition coefficient (Wildman–Crippen LogP) is 2.99. The predicted molar refractivity (Wildman–Crippen MR) is 126 cm³/mol. The average Bonchev–Trinajstić information content (AvgIpc) is 3.15. The Kier molecular flexibility index (Phi) is 7.92. The Balaban J connectivity index is 1.55. The first-order valence-electron chi connectivity index (χ1n) is 12.3. The molecule has 2 fully saturated rings. The number of nitrogens with one attached hydrogen (secondary N) is 1. The van der Waals surface area contributed by atoms with Crippen LogP contribution < -0.4 is 5.32 Å². The molecule has 1 N–H and O–H groups in total. The van der Waals surface area contributed by atoms with Crippen molar-refractivity contribution in [3.8, 4) is 0 Å². The van der Waals surface area contributed by atoms with Crippen molar-refractivity contribution in [2.24, 2.45) is 5.92 Å². The zero-order valence-electron chi connectivity index (χ0n) is 19.7. The number of hydrogen-bond acceptors (Lipinski definition) is 5. The number of carbonyl (C=O) groups is 1. The number of aryl methyl sites for hydroxylation is 2. The van der Waals surface area contributed by atoms with E-state index >= 15 is 0 Å². The van der Waals surface area contributed by atoms with Gasteiger partial charge in [0.25, 0.3) is 0 Å². The van der Waals surface area contributed by atoms with Gasteiger partial charge in [-0.05, 0) is 63.9 Å². The first kappa shape index (κ1) is 22.9. The fraction of sp³-hybridized carbons (Fsp3) is 0.640. The number of likely N-dealkylation sites (tertiary alicyclic amines) is 1. The van der Waals surface area contributed by atoms with Gasteiger partial charge in [-0.25, -0.2) is 0 Å². The number of aromatic nitrogens is 3. The summed E-state index contributed by atoms with van der Waals surface area (Å²) in [7, 11) is 0. The number of rotatable bonds is 5. The molecule has 0 bridgehead atoms. The van der Waals surface area contributed by atoms with Crippen LogP contribution in [0.25, 0.3) is 0 Å². The summed E-state index contributed by atoms with van der Waals surface area (Å²) in [5, 5.41) is 7.87. The first-order chi connectivity index (χ1) is 15.6. The molecule has 0 unspecified atom stereocenters. The van der Waals surface area contributed by atoms with Gasteiger partial charge in [-0.3, -0.25) is 24.3 Å². The van der Waals surface area contributed by atoms with Crippen molar-refractivity contribution in [3.63, 3.8) is 0 Å². The van der Waals surface area contributed by atoms with Gasteiger partial charge in [0.1, 0.15) is 0 Å². The van der Waals surface area contributed by atoms with Crippen molar-refractivity contribution in [3.05, 3.63) is 47.5 Å². The van der Waals surface area contributed by atoms with E-state index in [0.717, 1.165) is 64.3 Å². The Hall–Kier alpha value is -2.25. The van der Waals surface area contributed by atoms with E-state index in [4.69, 9.17) is 0 Å². The molecule has 2 aliphatic rings. The Labute approximate surface area is 192 Å². The molecule has 2 atom stereocenters. The molecule has 2 aliphatic heterocycles. The molecule has 0 radical (unpaired) electrons. The molecule has 0 aromatic carbocycles. The molecule has 2 aromatic heterocycles. The van der Waals surface area contributed by atoms with E-state index in [1.807, 2.05) is 17.1 Å². The van der Waals surface area contributed by atoms with Crippen molar-refractivity contribution in [2.45, 2.75) is 71.6 Å². The van der Waals surface area contributed by atoms with Crippen molar-refractivity contribution in [1.82, 2.24) is 29.9 Å². The van der Waals surface area contributed by atoms with Crippen LogP contribution in [-0.2, 0) is 24.4 Å². The molecule has 1 amide bonds. The summed E-state index contributed by atoms with van der Waals surface area (Å²) in [5.74, 6) is 0.289. The van der Waals surface area contributed by atoms with E-state index < -0.39 is 0 Å². The maximum atomic E-state index is 13.2. The zero-order chi connectivity index (χ0) is 22.3. The number of nitrogens with zero attached hydrogens (tertiary/aromatic N) is 5. The van der Waals surface area contributed by atoms with E-state index in [1.165, 1.54) is 30.4 Å². The number of amides is 1. The average molecular weight is 439 g/mol. The number of pyridine rings is 1. The molecular formula is C25H38N6O. The molecule has 32 heavy (non-hydrogen) atoms. The topological polar surface area (TPSA) is 66.3 Å². The minimum atomic E-state index is 0.0469. The summed E-state index contributed by atoms with van der Waals surface area (Å²) in [6.07, 6.45) is 11.5. The standard InChI is InChI=1S/C25H38N6O/c1-3-31-18-22(20(2)28-31)17-29-15-10-23-24(19-29)30(16-21-8-12-26-13-9-21)14-7-5-4-6-11-27-25(23)32/h8-9,12-13,18,23-24H,3-7,10-11,14-17,19H2,1-2H3,(H,27,32)/t23-,24-/m1/s1. The normalized spacial score (nSPS) is 23.9. The van der Waals surface area contributed by atoms with Gasteiger partial charge in [0.05, 0.1) is 11.6 Å². The van der Waals surface area contributed by atoms with Crippen LogP contribution in [0, 0.1) is 12.8 Å². The largest absolute Gasteiger partial charge is 0.356 e. The third-order valence-electron chi connectivity index (χ3n) is 7.04. The van der Waals surface area contributed by atoms with Crippen LogP contribution in [0.3, 0.4) is 0 Å². The molecule has 0 saturated carbocycles. The number of piperidine rings is 1. The van der Waals surface area contributed by atoms with Gasteiger partial charge in [-0.15, -0.1) is 0 Å². The molecule has 4 rings (SSSR count). The maximum absolute atomic E-state index is 13.2. The van der Waals surface area contributed by atoms with Crippen LogP contribution in [0.15, 0.2) is 30.7 Å². The van der Waals surface area contributed by atoms with E-state index in [-0.39, 0.29) is 17.9 Å². The Morgan fingerprint density at radius 2 is 1.91 bits per heavy atom. The third kappa shape index (κ3) is 5.75. The fourth-order valence-electron chi connectivity index (χ4n) is 5.15. The Bertz CT molecular complexity index is 867. The monoisotopic (exact) mass is 438 g/mol. The van der Waals surface area contributed by atoms with Crippen LogP contribution in [0.2, 0.25) is 0 Å². The van der Waals surface area contributed by atoms with Crippen LogP contribution in [0.4, 0.5) is 0 Å². The Morgan fingerprint density at radius 1 is 1.09 bits per heavy atom. The van der Waals surface area contributed by atoms with Crippen LogP contribution in [0.5, 0.6) is 0 Å².